The van der Waals surface area contributed by atoms with E-state index >= 15 is 0 Å². The second-order valence-electron chi connectivity index (χ2n) is 4.51. The second kappa shape index (κ2) is 6.85. The third-order valence-electron chi connectivity index (χ3n) is 3.25. The fourth-order valence-corrected chi connectivity index (χ4v) is 2.28. The van der Waals surface area contributed by atoms with Gasteiger partial charge in [-0.3, -0.25) is 0 Å². The Morgan fingerprint density at radius 2 is 1.94 bits per heavy atom. The summed E-state index contributed by atoms with van der Waals surface area (Å²) in [4.78, 5) is 0. The summed E-state index contributed by atoms with van der Waals surface area (Å²) in [5.74, 6) is 0. The van der Waals surface area contributed by atoms with Crippen molar-refractivity contribution in [3.05, 3.63) is 35.9 Å². The monoisotopic (exact) mass is 251 g/mol. The molecule has 18 heavy (non-hydrogen) atoms. The van der Waals surface area contributed by atoms with Gasteiger partial charge in [0.25, 0.3) is 0 Å². The molecule has 1 N–H and O–H groups in total. The lowest BCUT2D eigenvalue weighted by Crippen LogP contribution is -2.37. The molecular formula is C14H21NO3. The van der Waals surface area contributed by atoms with Crippen LogP contribution in [0.15, 0.2) is 30.3 Å². The van der Waals surface area contributed by atoms with Crippen LogP contribution < -0.4 is 5.32 Å². The topological polar surface area (TPSA) is 39.7 Å². The minimum Gasteiger partial charge on any atom is -0.372 e. The average molecular weight is 251 g/mol. The van der Waals surface area contributed by atoms with Crippen molar-refractivity contribution >= 4 is 0 Å². The van der Waals surface area contributed by atoms with Crippen molar-refractivity contribution in [1.29, 1.82) is 0 Å². The zero-order chi connectivity index (χ0) is 12.8. The molecule has 0 bridgehead atoms. The predicted octanol–water partition coefficient (Wildman–Crippen LogP) is 1.55. The van der Waals surface area contributed by atoms with E-state index in [-0.39, 0.29) is 18.4 Å². The minimum absolute atomic E-state index is 0.199. The summed E-state index contributed by atoms with van der Waals surface area (Å²) in [6, 6.07) is 10.4. The van der Waals surface area contributed by atoms with Gasteiger partial charge in [0.2, 0.25) is 0 Å². The molecule has 0 spiro atoms. The average Bonchev–Trinajstić information content (AvgIpc) is 2.88. The van der Waals surface area contributed by atoms with Crippen molar-refractivity contribution in [2.24, 2.45) is 0 Å². The fourth-order valence-electron chi connectivity index (χ4n) is 2.28. The third-order valence-corrected chi connectivity index (χ3v) is 3.25. The molecule has 0 saturated carbocycles. The molecule has 2 atom stereocenters. The number of hydrogen-bond acceptors (Lipinski definition) is 4. The molecule has 1 aliphatic heterocycles. The number of ether oxygens (including phenoxy) is 3. The molecule has 100 valence electrons. The summed E-state index contributed by atoms with van der Waals surface area (Å²) in [6.07, 6.45) is 0.942. The number of hydrogen-bond donors (Lipinski definition) is 1. The quantitative estimate of drug-likeness (QED) is 0.779. The smallest absolute Gasteiger partial charge is 0.172 e. The van der Waals surface area contributed by atoms with Gasteiger partial charge in [0, 0.05) is 20.8 Å². The van der Waals surface area contributed by atoms with E-state index in [1.54, 1.807) is 14.2 Å². The molecule has 2 rings (SSSR count). The van der Waals surface area contributed by atoms with Crippen molar-refractivity contribution in [3.63, 3.8) is 0 Å². The van der Waals surface area contributed by atoms with Gasteiger partial charge in [0.05, 0.1) is 18.8 Å². The SMILES string of the molecule is COC(OC)[C@@H]1C[C@@H](OCc2ccccc2)CN1. The van der Waals surface area contributed by atoms with E-state index in [2.05, 4.69) is 17.4 Å². The Labute approximate surface area is 108 Å². The van der Waals surface area contributed by atoms with E-state index < -0.39 is 0 Å². The Hall–Kier alpha value is -0.940. The minimum atomic E-state index is -0.199. The third kappa shape index (κ3) is 3.53. The molecule has 1 fully saturated rings. The van der Waals surface area contributed by atoms with E-state index in [1.807, 2.05) is 18.2 Å². The maximum Gasteiger partial charge on any atom is 0.172 e. The standard InChI is InChI=1S/C14H21NO3/c1-16-14(17-2)13-8-12(9-15-13)18-10-11-6-4-3-5-7-11/h3-7,12-15H,8-10H2,1-2H3/t12-,13+/m1/s1. The maximum absolute atomic E-state index is 5.88. The van der Waals surface area contributed by atoms with Gasteiger partial charge in [-0.15, -0.1) is 0 Å². The van der Waals surface area contributed by atoms with Gasteiger partial charge in [0.15, 0.2) is 6.29 Å². The van der Waals surface area contributed by atoms with Crippen LogP contribution >= 0.6 is 0 Å². The van der Waals surface area contributed by atoms with Crippen LogP contribution in [0.1, 0.15) is 12.0 Å². The van der Waals surface area contributed by atoms with Crippen molar-refractivity contribution in [3.8, 4) is 0 Å². The highest BCUT2D eigenvalue weighted by Crippen LogP contribution is 2.17. The molecule has 0 aromatic heterocycles. The maximum atomic E-state index is 5.88. The molecule has 1 saturated heterocycles. The molecule has 4 nitrogen and oxygen atoms in total. The molecule has 1 heterocycles. The highest BCUT2D eigenvalue weighted by Gasteiger charge is 2.31. The Morgan fingerprint density at radius 3 is 2.61 bits per heavy atom. The van der Waals surface area contributed by atoms with Gasteiger partial charge in [-0.2, -0.15) is 0 Å². The van der Waals surface area contributed by atoms with Crippen LogP contribution in [0, 0.1) is 0 Å². The first kappa shape index (κ1) is 13.5. The Balaban J connectivity index is 1.76. The van der Waals surface area contributed by atoms with Gasteiger partial charge in [-0.05, 0) is 12.0 Å². The largest absolute Gasteiger partial charge is 0.372 e. The summed E-state index contributed by atoms with van der Waals surface area (Å²) in [6.45, 7) is 1.51. The van der Waals surface area contributed by atoms with Gasteiger partial charge in [-0.1, -0.05) is 30.3 Å². The molecule has 1 aliphatic rings. The van der Waals surface area contributed by atoms with E-state index in [4.69, 9.17) is 14.2 Å². The van der Waals surface area contributed by atoms with Crippen LogP contribution in [0.4, 0.5) is 0 Å². The first-order chi connectivity index (χ1) is 8.83. The lowest BCUT2D eigenvalue weighted by molar-refractivity contribution is -0.121. The highest BCUT2D eigenvalue weighted by molar-refractivity contribution is 5.13. The summed E-state index contributed by atoms with van der Waals surface area (Å²) in [5.41, 5.74) is 1.20. The highest BCUT2D eigenvalue weighted by atomic mass is 16.7. The molecule has 4 heteroatoms. The van der Waals surface area contributed by atoms with Gasteiger partial charge in [-0.25, -0.2) is 0 Å². The zero-order valence-corrected chi connectivity index (χ0v) is 11.0. The summed E-state index contributed by atoms with van der Waals surface area (Å²) in [7, 11) is 3.32. The van der Waals surface area contributed by atoms with Gasteiger partial charge < -0.3 is 19.5 Å². The van der Waals surface area contributed by atoms with Crippen molar-refractivity contribution < 1.29 is 14.2 Å². The normalized spacial score (nSPS) is 23.7. The van der Waals surface area contributed by atoms with Crippen molar-refractivity contribution in [2.75, 3.05) is 20.8 Å². The van der Waals surface area contributed by atoms with Gasteiger partial charge >= 0.3 is 0 Å². The summed E-state index contributed by atoms with van der Waals surface area (Å²) >= 11 is 0. The van der Waals surface area contributed by atoms with Crippen LogP contribution in [0.25, 0.3) is 0 Å². The van der Waals surface area contributed by atoms with E-state index in [1.165, 1.54) is 5.56 Å². The molecule has 1 aromatic rings. The summed E-state index contributed by atoms with van der Waals surface area (Å²) < 4.78 is 16.4. The number of rotatable bonds is 6. The number of benzene rings is 1. The fraction of sp³-hybridized carbons (Fsp3) is 0.571. The van der Waals surface area contributed by atoms with E-state index in [9.17, 15) is 0 Å². The van der Waals surface area contributed by atoms with E-state index in [0.29, 0.717) is 6.61 Å². The Morgan fingerprint density at radius 1 is 1.22 bits per heavy atom. The first-order valence-corrected chi connectivity index (χ1v) is 6.28. The molecule has 0 amide bonds. The molecule has 0 aliphatic carbocycles. The Kier molecular flexibility index (Phi) is 5.13. The van der Waals surface area contributed by atoms with Crippen molar-refractivity contribution in [2.45, 2.75) is 31.5 Å². The van der Waals surface area contributed by atoms with Crippen LogP contribution in [0.2, 0.25) is 0 Å². The lowest BCUT2D eigenvalue weighted by Gasteiger charge is -2.20. The van der Waals surface area contributed by atoms with Crippen molar-refractivity contribution in [1.82, 2.24) is 5.32 Å². The van der Waals surface area contributed by atoms with Crippen LogP contribution in [0.5, 0.6) is 0 Å². The molecule has 0 radical (unpaired) electrons. The van der Waals surface area contributed by atoms with Gasteiger partial charge in [0.1, 0.15) is 0 Å². The second-order valence-corrected chi connectivity index (χ2v) is 4.51. The Bertz CT molecular complexity index is 340. The van der Waals surface area contributed by atoms with Crippen LogP contribution in [-0.2, 0) is 20.8 Å². The number of methoxy groups -OCH3 is 2. The van der Waals surface area contributed by atoms with Crippen LogP contribution in [0.3, 0.4) is 0 Å². The lowest BCUT2D eigenvalue weighted by atomic mass is 10.2. The van der Waals surface area contributed by atoms with Crippen LogP contribution in [-0.4, -0.2) is 39.2 Å². The molecule has 1 aromatic carbocycles. The summed E-state index contributed by atoms with van der Waals surface area (Å²) in [5, 5.41) is 3.37. The molecular weight excluding hydrogens is 230 g/mol. The van der Waals surface area contributed by atoms with E-state index in [0.717, 1.165) is 13.0 Å². The first-order valence-electron chi connectivity index (χ1n) is 6.28. The predicted molar refractivity (Wildman–Crippen MR) is 69.2 cm³/mol. The zero-order valence-electron chi connectivity index (χ0n) is 11.0. The number of nitrogens with one attached hydrogen (secondary N) is 1. The molecule has 0 unspecified atom stereocenters.